The molecule has 0 bridgehead atoms. The van der Waals surface area contributed by atoms with Gasteiger partial charge in [0.1, 0.15) is 24.2 Å². The maximum absolute atomic E-state index is 2.59. The Kier molecular flexibility index (Phi) is 7.21. The van der Waals surface area contributed by atoms with Gasteiger partial charge in [-0.25, -0.2) is 0 Å². The van der Waals surface area contributed by atoms with Gasteiger partial charge in [-0.1, -0.05) is 203 Å². The van der Waals surface area contributed by atoms with E-state index in [1.54, 1.807) is 31.1 Å². The third-order valence-corrected chi connectivity index (χ3v) is 25.3. The molecule has 3 aliphatic rings. The highest BCUT2D eigenvalue weighted by Gasteiger charge is 2.42. The Labute approximate surface area is 350 Å². The topological polar surface area (TPSA) is 0 Å². The van der Waals surface area contributed by atoms with E-state index >= 15 is 0 Å². The number of hydrogen-bond acceptors (Lipinski definition) is 0. The summed E-state index contributed by atoms with van der Waals surface area (Å²) in [4.78, 5) is 0. The zero-order valence-corrected chi connectivity index (χ0v) is 37.7. The first-order valence-electron chi connectivity index (χ1n) is 21.3. The van der Waals surface area contributed by atoms with Crippen molar-refractivity contribution in [3.63, 3.8) is 0 Å². The van der Waals surface area contributed by atoms with Crippen LogP contribution in [-0.4, -0.2) is 24.2 Å². The molecule has 59 heavy (non-hydrogen) atoms. The van der Waals surface area contributed by atoms with Gasteiger partial charge in [-0.05, 0) is 125 Å². The molecule has 0 unspecified atom stereocenters. The van der Waals surface area contributed by atoms with E-state index in [-0.39, 0.29) is 0 Å². The lowest BCUT2D eigenvalue weighted by atomic mass is 9.85. The van der Waals surface area contributed by atoms with Crippen molar-refractivity contribution in [1.82, 2.24) is 0 Å². The standard InChI is InChI=1S/C56H46Si3/c1-57(2)50-31-10-7-18-37(50)44-27-15-25-42(54(44)57)35-21-13-23-40-48(35)34-49-36(43-26-16-28-45-38-19-8-11-32-51(38)58(3,4)55(43)45)22-14-24-41(49)53(40)47-30-17-29-46-39-20-9-12-33-52(39)59(5,6)56(46)47/h7-34H,1-6H3. The van der Waals surface area contributed by atoms with Gasteiger partial charge < -0.3 is 0 Å². The molecule has 0 spiro atoms. The fourth-order valence-electron chi connectivity index (χ4n) is 12.1. The summed E-state index contributed by atoms with van der Waals surface area (Å²) in [5, 5.41) is 14.7. The van der Waals surface area contributed by atoms with Crippen LogP contribution in [0.3, 0.4) is 0 Å². The van der Waals surface area contributed by atoms with Gasteiger partial charge in [0.15, 0.2) is 0 Å². The molecule has 12 rings (SSSR count). The summed E-state index contributed by atoms with van der Waals surface area (Å²) in [7, 11) is -6.08. The van der Waals surface area contributed by atoms with Crippen LogP contribution in [0.1, 0.15) is 0 Å². The lowest BCUT2D eigenvalue weighted by Gasteiger charge is -2.26. The maximum Gasteiger partial charge on any atom is 0.114 e. The summed E-state index contributed by atoms with van der Waals surface area (Å²) >= 11 is 0. The van der Waals surface area contributed by atoms with Crippen LogP contribution < -0.4 is 31.1 Å². The summed E-state index contributed by atoms with van der Waals surface area (Å²) in [6.45, 7) is 15.4. The number of rotatable bonds is 3. The van der Waals surface area contributed by atoms with Crippen LogP contribution in [0, 0.1) is 0 Å². The molecule has 0 radical (unpaired) electrons. The Morgan fingerprint density at radius 1 is 0.237 bits per heavy atom. The van der Waals surface area contributed by atoms with Crippen molar-refractivity contribution in [1.29, 1.82) is 0 Å². The van der Waals surface area contributed by atoms with Gasteiger partial charge in [0, 0.05) is 0 Å². The Balaban J connectivity index is 1.22. The first-order valence-corrected chi connectivity index (χ1v) is 30.3. The van der Waals surface area contributed by atoms with E-state index < -0.39 is 24.2 Å². The van der Waals surface area contributed by atoms with Gasteiger partial charge >= 0.3 is 0 Å². The lowest BCUT2D eigenvalue weighted by molar-refractivity contribution is 1.65. The van der Waals surface area contributed by atoms with E-state index in [4.69, 9.17) is 0 Å². The van der Waals surface area contributed by atoms with Crippen molar-refractivity contribution in [2.45, 2.75) is 39.3 Å². The summed E-state index contributed by atoms with van der Waals surface area (Å²) < 4.78 is 0. The minimum Gasteiger partial charge on any atom is -0.0623 e. The molecule has 0 N–H and O–H groups in total. The molecule has 3 heterocycles. The summed E-state index contributed by atoms with van der Waals surface area (Å²) in [5.74, 6) is 0. The Morgan fingerprint density at radius 2 is 0.508 bits per heavy atom. The van der Waals surface area contributed by atoms with E-state index in [0.717, 1.165) is 0 Å². The monoisotopic (exact) mass is 802 g/mol. The number of hydrogen-bond donors (Lipinski definition) is 0. The molecule has 0 saturated heterocycles. The van der Waals surface area contributed by atoms with E-state index in [9.17, 15) is 0 Å². The van der Waals surface area contributed by atoms with Crippen molar-refractivity contribution in [3.8, 4) is 66.8 Å². The molecule has 9 aromatic rings. The highest BCUT2D eigenvalue weighted by Crippen LogP contribution is 2.46. The number of benzene rings is 9. The molecule has 0 amide bonds. The van der Waals surface area contributed by atoms with Crippen molar-refractivity contribution in [2.75, 3.05) is 0 Å². The first-order chi connectivity index (χ1) is 28.6. The van der Waals surface area contributed by atoms with Crippen molar-refractivity contribution in [3.05, 3.63) is 170 Å². The fraction of sp³-hybridized carbons (Fsp3) is 0.107. The maximum atomic E-state index is 2.59. The third kappa shape index (κ3) is 4.58. The predicted octanol–water partition coefficient (Wildman–Crippen LogP) is 11.4. The largest absolute Gasteiger partial charge is 0.114 e. The lowest BCUT2D eigenvalue weighted by Crippen LogP contribution is -2.50. The van der Waals surface area contributed by atoms with Crippen LogP contribution in [0.4, 0.5) is 0 Å². The van der Waals surface area contributed by atoms with Gasteiger partial charge in [-0.15, -0.1) is 0 Å². The van der Waals surface area contributed by atoms with E-state index in [0.29, 0.717) is 0 Å². The van der Waals surface area contributed by atoms with Crippen LogP contribution in [0.2, 0.25) is 39.3 Å². The van der Waals surface area contributed by atoms with Gasteiger partial charge in [0.25, 0.3) is 0 Å². The minimum absolute atomic E-state index is 1.34. The van der Waals surface area contributed by atoms with E-state index in [2.05, 4.69) is 209 Å². The predicted molar refractivity (Wildman–Crippen MR) is 264 cm³/mol. The van der Waals surface area contributed by atoms with Gasteiger partial charge in [-0.3, -0.25) is 0 Å². The average Bonchev–Trinajstić information content (AvgIpc) is 3.75. The molecule has 3 aliphatic heterocycles. The average molecular weight is 803 g/mol. The molecule has 9 aromatic carbocycles. The second-order valence-electron chi connectivity index (χ2n) is 18.7. The highest BCUT2D eigenvalue weighted by atomic mass is 28.3. The summed E-state index contributed by atoms with van der Waals surface area (Å²) in [6, 6.07) is 65.9. The Morgan fingerprint density at radius 3 is 0.898 bits per heavy atom. The van der Waals surface area contributed by atoms with Crippen LogP contribution in [0.25, 0.3) is 88.3 Å². The van der Waals surface area contributed by atoms with Crippen LogP contribution in [0.5, 0.6) is 0 Å². The molecular weight excluding hydrogens is 757 g/mol. The minimum atomic E-state index is -2.07. The van der Waals surface area contributed by atoms with Crippen molar-refractivity contribution >= 4 is 76.9 Å². The van der Waals surface area contributed by atoms with Crippen LogP contribution >= 0.6 is 0 Å². The highest BCUT2D eigenvalue weighted by molar-refractivity contribution is 7.06. The van der Waals surface area contributed by atoms with Gasteiger partial charge in [0.05, 0.1) is 0 Å². The van der Waals surface area contributed by atoms with Crippen LogP contribution in [-0.2, 0) is 0 Å². The Hall–Kier alpha value is -5.85. The normalized spacial score (nSPS) is 15.7. The fourth-order valence-corrected chi connectivity index (χ4v) is 22.5. The SMILES string of the molecule is C[Si]1(C)c2ccccc2-c2cccc(-c3cccc4c(-c5cccc6c5[Si](C)(C)c5ccccc5-6)c5cccc(-c6cccc7c6[Si](C)(C)c6ccccc6-7)c5cc34)c21. The molecule has 0 aliphatic carbocycles. The third-order valence-electron chi connectivity index (χ3n) is 14.6. The van der Waals surface area contributed by atoms with Gasteiger partial charge in [-0.2, -0.15) is 0 Å². The quantitative estimate of drug-likeness (QED) is 0.123. The van der Waals surface area contributed by atoms with E-state index in [1.165, 1.54) is 88.3 Å². The van der Waals surface area contributed by atoms with Crippen molar-refractivity contribution < 1.29 is 0 Å². The molecule has 282 valence electrons. The summed E-state index contributed by atoms with van der Waals surface area (Å²) in [5.41, 5.74) is 16.8. The van der Waals surface area contributed by atoms with Crippen molar-refractivity contribution in [2.24, 2.45) is 0 Å². The molecule has 0 aromatic heterocycles. The number of fused-ring (bicyclic) bond motifs is 11. The Bertz CT molecular complexity index is 3140. The second-order valence-corrected chi connectivity index (χ2v) is 31.6. The van der Waals surface area contributed by atoms with Crippen LogP contribution in [0.15, 0.2) is 170 Å². The molecule has 0 fully saturated rings. The molecule has 0 nitrogen and oxygen atoms in total. The van der Waals surface area contributed by atoms with Gasteiger partial charge in [0.2, 0.25) is 0 Å². The first kappa shape index (κ1) is 35.1. The molecular formula is C56H46Si3. The zero-order chi connectivity index (χ0) is 40.0. The summed E-state index contributed by atoms with van der Waals surface area (Å²) in [6.07, 6.45) is 0. The second kappa shape index (κ2) is 12.1. The van der Waals surface area contributed by atoms with E-state index in [1.807, 2.05) is 0 Å². The molecule has 3 heteroatoms. The zero-order valence-electron chi connectivity index (χ0n) is 34.7. The molecule has 0 atom stereocenters. The molecule has 0 saturated carbocycles. The smallest absolute Gasteiger partial charge is 0.0623 e.